The van der Waals surface area contributed by atoms with Crippen LogP contribution < -0.4 is 5.32 Å². The van der Waals surface area contributed by atoms with Crippen molar-refractivity contribution in [2.45, 2.75) is 32.3 Å². The number of carbonyl (C=O) groups excluding carboxylic acids is 1. The maximum Gasteiger partial charge on any atom is 0.236 e. The Morgan fingerprint density at radius 3 is 2.63 bits per heavy atom. The Morgan fingerprint density at radius 1 is 1.19 bits per heavy atom. The second-order valence-electron chi connectivity index (χ2n) is 6.07. The van der Waals surface area contributed by atoms with Crippen LogP contribution in [0.25, 0.3) is 11.4 Å². The van der Waals surface area contributed by atoms with Gasteiger partial charge in [0.25, 0.3) is 0 Å². The Labute approximate surface area is 170 Å². The molecule has 140 valence electrons. The number of aromatic nitrogens is 4. The van der Waals surface area contributed by atoms with Gasteiger partial charge in [-0.05, 0) is 52.9 Å². The Kier molecular flexibility index (Phi) is 6.28. The van der Waals surface area contributed by atoms with Gasteiger partial charge in [0.2, 0.25) is 5.91 Å². The second kappa shape index (κ2) is 8.67. The van der Waals surface area contributed by atoms with Crippen molar-refractivity contribution in [3.8, 4) is 11.4 Å². The van der Waals surface area contributed by atoms with Crippen LogP contribution >= 0.6 is 27.7 Å². The van der Waals surface area contributed by atoms with Gasteiger partial charge in [0, 0.05) is 16.2 Å². The first kappa shape index (κ1) is 19.6. The lowest BCUT2D eigenvalue weighted by molar-refractivity contribution is -0.113. The number of anilines is 1. The Balaban J connectivity index is 1.59. The third-order valence-corrected chi connectivity index (χ3v) is 5.95. The van der Waals surface area contributed by atoms with E-state index in [9.17, 15) is 4.79 Å². The number of carbonyl (C=O) groups is 1. The Bertz CT molecular complexity index is 955. The number of pyridine rings is 1. The smallest absolute Gasteiger partial charge is 0.236 e. The fourth-order valence-electron chi connectivity index (χ4n) is 2.44. The highest BCUT2D eigenvalue weighted by Crippen LogP contribution is 2.24. The number of hydrogen-bond donors (Lipinski definition) is 2. The standard InChI is InChI=1S/C19H20BrN5OS/c1-4-13-5-7-14(8-6-13)18-23-19(25-24-18)27-10-16(26)22-17-12(3)11(2)15(20)9-21-17/h5-9H,4,10H2,1-3H3,(H,21,22,26)(H,23,24,25). The van der Waals surface area contributed by atoms with E-state index in [1.807, 2.05) is 26.0 Å². The number of nitrogens with one attached hydrogen (secondary N) is 2. The highest BCUT2D eigenvalue weighted by Gasteiger charge is 2.12. The number of amides is 1. The van der Waals surface area contributed by atoms with E-state index in [1.54, 1.807) is 6.20 Å². The Hall–Kier alpha value is -2.19. The van der Waals surface area contributed by atoms with Crippen molar-refractivity contribution in [1.82, 2.24) is 20.2 Å². The van der Waals surface area contributed by atoms with E-state index in [4.69, 9.17) is 0 Å². The molecule has 2 aromatic heterocycles. The predicted octanol–water partition coefficient (Wildman–Crippen LogP) is 4.54. The summed E-state index contributed by atoms with van der Waals surface area (Å²) in [7, 11) is 0. The maximum atomic E-state index is 12.2. The molecule has 1 amide bonds. The summed E-state index contributed by atoms with van der Waals surface area (Å²) in [6.45, 7) is 6.03. The number of H-pyrrole nitrogens is 1. The number of aromatic amines is 1. The van der Waals surface area contributed by atoms with Crippen LogP contribution in [0.4, 0.5) is 5.82 Å². The van der Waals surface area contributed by atoms with E-state index in [-0.39, 0.29) is 11.7 Å². The second-order valence-corrected chi connectivity index (χ2v) is 7.89. The van der Waals surface area contributed by atoms with E-state index in [2.05, 4.69) is 60.5 Å². The number of halogens is 1. The quantitative estimate of drug-likeness (QED) is 0.544. The number of nitrogens with zero attached hydrogens (tertiary/aromatic N) is 3. The summed E-state index contributed by atoms with van der Waals surface area (Å²) in [5, 5.41) is 11.7. The lowest BCUT2D eigenvalue weighted by Crippen LogP contribution is -2.16. The molecule has 0 fully saturated rings. The van der Waals surface area contributed by atoms with Crippen molar-refractivity contribution in [3.05, 3.63) is 51.6 Å². The van der Waals surface area contributed by atoms with Crippen LogP contribution in [0.3, 0.4) is 0 Å². The fourth-order valence-corrected chi connectivity index (χ4v) is 3.45. The van der Waals surface area contributed by atoms with Crippen LogP contribution in [0.1, 0.15) is 23.6 Å². The predicted molar refractivity (Wildman–Crippen MR) is 112 cm³/mol. The van der Waals surface area contributed by atoms with Crippen LogP contribution in [0, 0.1) is 13.8 Å². The minimum Gasteiger partial charge on any atom is -0.316 e. The molecule has 0 saturated carbocycles. The highest BCUT2D eigenvalue weighted by molar-refractivity contribution is 9.10. The van der Waals surface area contributed by atoms with Gasteiger partial charge in [0.1, 0.15) is 5.82 Å². The van der Waals surface area contributed by atoms with Crippen LogP contribution in [-0.2, 0) is 11.2 Å². The fraction of sp³-hybridized carbons (Fsp3) is 0.263. The molecule has 0 unspecified atom stereocenters. The lowest BCUT2D eigenvalue weighted by Gasteiger charge is -2.10. The van der Waals surface area contributed by atoms with Crippen LogP contribution in [0.5, 0.6) is 0 Å². The van der Waals surface area contributed by atoms with Gasteiger partial charge in [-0.2, -0.15) is 0 Å². The molecule has 3 rings (SSSR count). The summed E-state index contributed by atoms with van der Waals surface area (Å²) in [5.41, 5.74) is 4.25. The molecule has 0 bridgehead atoms. The maximum absolute atomic E-state index is 12.2. The number of aryl methyl sites for hydroxylation is 1. The lowest BCUT2D eigenvalue weighted by atomic mass is 10.1. The summed E-state index contributed by atoms with van der Waals surface area (Å²) in [6.07, 6.45) is 2.69. The van der Waals surface area contributed by atoms with Crippen LogP contribution in [-0.4, -0.2) is 31.8 Å². The minimum atomic E-state index is -0.137. The molecule has 2 N–H and O–H groups in total. The van der Waals surface area contributed by atoms with Crippen molar-refractivity contribution >= 4 is 39.4 Å². The molecule has 0 radical (unpaired) electrons. The average Bonchev–Trinajstić information content (AvgIpc) is 3.16. The van der Waals surface area contributed by atoms with Gasteiger partial charge in [0.05, 0.1) is 5.75 Å². The molecule has 1 aromatic carbocycles. The molecule has 0 atom stereocenters. The zero-order chi connectivity index (χ0) is 19.4. The first-order valence-corrected chi connectivity index (χ1v) is 10.3. The zero-order valence-electron chi connectivity index (χ0n) is 15.3. The summed E-state index contributed by atoms with van der Waals surface area (Å²) >= 11 is 4.74. The topological polar surface area (TPSA) is 83.6 Å². The number of thioether (sulfide) groups is 1. The molecule has 2 heterocycles. The number of rotatable bonds is 6. The van der Waals surface area contributed by atoms with Crippen molar-refractivity contribution in [2.75, 3.05) is 11.1 Å². The van der Waals surface area contributed by atoms with Gasteiger partial charge >= 0.3 is 0 Å². The van der Waals surface area contributed by atoms with E-state index in [0.717, 1.165) is 27.6 Å². The van der Waals surface area contributed by atoms with Crippen molar-refractivity contribution in [2.24, 2.45) is 0 Å². The van der Waals surface area contributed by atoms with Gasteiger partial charge in [-0.25, -0.2) is 4.98 Å². The molecular weight excluding hydrogens is 426 g/mol. The van der Waals surface area contributed by atoms with Crippen molar-refractivity contribution in [3.63, 3.8) is 0 Å². The molecule has 0 aliphatic heterocycles. The molecule has 0 spiro atoms. The van der Waals surface area contributed by atoms with Gasteiger partial charge in [-0.15, -0.1) is 10.2 Å². The molecule has 8 heteroatoms. The SMILES string of the molecule is CCc1ccc(-c2nnc(SCC(=O)Nc3ncc(Br)c(C)c3C)[nH]2)cc1. The van der Waals surface area contributed by atoms with E-state index in [1.165, 1.54) is 17.3 Å². The first-order valence-electron chi connectivity index (χ1n) is 8.54. The van der Waals surface area contributed by atoms with Crippen molar-refractivity contribution < 1.29 is 4.79 Å². The van der Waals surface area contributed by atoms with E-state index < -0.39 is 0 Å². The molecule has 0 aliphatic rings. The molecule has 0 aliphatic carbocycles. The third kappa shape index (κ3) is 4.75. The van der Waals surface area contributed by atoms with Gasteiger partial charge in [0.15, 0.2) is 11.0 Å². The normalized spacial score (nSPS) is 10.8. The molecular formula is C19H20BrN5OS. The van der Waals surface area contributed by atoms with Crippen LogP contribution in [0.2, 0.25) is 0 Å². The minimum absolute atomic E-state index is 0.137. The van der Waals surface area contributed by atoms with Crippen LogP contribution in [0.15, 0.2) is 40.1 Å². The zero-order valence-corrected chi connectivity index (χ0v) is 17.7. The monoisotopic (exact) mass is 445 g/mol. The Morgan fingerprint density at radius 2 is 1.93 bits per heavy atom. The van der Waals surface area contributed by atoms with Gasteiger partial charge < -0.3 is 10.3 Å². The number of benzene rings is 1. The highest BCUT2D eigenvalue weighted by atomic mass is 79.9. The summed E-state index contributed by atoms with van der Waals surface area (Å²) in [6, 6.07) is 8.19. The molecule has 27 heavy (non-hydrogen) atoms. The van der Waals surface area contributed by atoms with Gasteiger partial charge in [-0.3, -0.25) is 4.79 Å². The summed E-state index contributed by atoms with van der Waals surface area (Å²) in [5.74, 6) is 1.36. The number of hydrogen-bond acceptors (Lipinski definition) is 5. The van der Waals surface area contributed by atoms with E-state index in [0.29, 0.717) is 16.8 Å². The van der Waals surface area contributed by atoms with Gasteiger partial charge in [-0.1, -0.05) is 43.0 Å². The summed E-state index contributed by atoms with van der Waals surface area (Å²) in [4.78, 5) is 19.7. The molecule has 0 saturated heterocycles. The molecule has 3 aromatic rings. The largest absolute Gasteiger partial charge is 0.316 e. The molecule has 6 nitrogen and oxygen atoms in total. The summed E-state index contributed by atoms with van der Waals surface area (Å²) < 4.78 is 0.925. The van der Waals surface area contributed by atoms with E-state index >= 15 is 0 Å². The van der Waals surface area contributed by atoms with Crippen molar-refractivity contribution in [1.29, 1.82) is 0 Å². The third-order valence-electron chi connectivity index (χ3n) is 4.28. The first-order chi connectivity index (χ1) is 13.0. The average molecular weight is 446 g/mol.